The number of benzene rings is 1. The maximum atomic E-state index is 11.7. The van der Waals surface area contributed by atoms with Crippen LogP contribution in [0.15, 0.2) is 47.4 Å². The van der Waals surface area contributed by atoms with Gasteiger partial charge in [-0.2, -0.15) is 0 Å². The van der Waals surface area contributed by atoms with Gasteiger partial charge in [-0.15, -0.1) is 0 Å². The molecule has 0 saturated carbocycles. The van der Waals surface area contributed by atoms with Gasteiger partial charge in [-0.05, 0) is 49.9 Å². The summed E-state index contributed by atoms with van der Waals surface area (Å²) >= 11 is 0. The molecule has 3 nitrogen and oxygen atoms in total. The number of para-hydroxylation sites is 1. The topological polar surface area (TPSA) is 31.2 Å². The molecule has 0 spiro atoms. The molecule has 0 aliphatic rings. The van der Waals surface area contributed by atoms with Gasteiger partial charge in [0.1, 0.15) is 5.75 Å². The second-order valence-corrected chi connectivity index (χ2v) is 5.06. The molecule has 0 N–H and O–H groups in total. The molecule has 0 radical (unpaired) electrons. The summed E-state index contributed by atoms with van der Waals surface area (Å²) in [7, 11) is 0. The zero-order valence-corrected chi connectivity index (χ0v) is 12.1. The summed E-state index contributed by atoms with van der Waals surface area (Å²) in [5.74, 6) is 0.944. The SMILES string of the molecule is Cc1ccn(CCCCOc2ccccc2C)c(=O)c1. The molecule has 0 amide bonds. The van der Waals surface area contributed by atoms with Crippen molar-refractivity contribution in [1.82, 2.24) is 4.57 Å². The third kappa shape index (κ3) is 3.98. The van der Waals surface area contributed by atoms with Gasteiger partial charge in [0.2, 0.25) is 0 Å². The Kier molecular flexibility index (Phi) is 4.99. The Labute approximate surface area is 119 Å². The number of pyridine rings is 1. The first-order chi connectivity index (χ1) is 9.66. The summed E-state index contributed by atoms with van der Waals surface area (Å²) in [6, 6.07) is 11.6. The number of aryl methyl sites for hydroxylation is 3. The van der Waals surface area contributed by atoms with Gasteiger partial charge < -0.3 is 9.30 Å². The lowest BCUT2D eigenvalue weighted by atomic mass is 10.2. The number of nitrogens with zero attached hydrogens (tertiary/aromatic N) is 1. The van der Waals surface area contributed by atoms with Crippen LogP contribution in [0.25, 0.3) is 0 Å². The molecule has 1 aromatic heterocycles. The van der Waals surface area contributed by atoms with Crippen molar-refractivity contribution in [1.29, 1.82) is 0 Å². The lowest BCUT2D eigenvalue weighted by molar-refractivity contribution is 0.301. The van der Waals surface area contributed by atoms with E-state index in [1.165, 1.54) is 0 Å². The molecule has 0 aliphatic heterocycles. The Morgan fingerprint density at radius 3 is 2.65 bits per heavy atom. The minimum absolute atomic E-state index is 0.0739. The maximum absolute atomic E-state index is 11.7. The molecule has 1 aromatic carbocycles. The van der Waals surface area contributed by atoms with Crippen molar-refractivity contribution in [3.8, 4) is 5.75 Å². The first-order valence-corrected chi connectivity index (χ1v) is 7.02. The first kappa shape index (κ1) is 14.4. The number of ether oxygens (including phenoxy) is 1. The summed E-state index contributed by atoms with van der Waals surface area (Å²) in [5.41, 5.74) is 2.24. The van der Waals surface area contributed by atoms with Crippen molar-refractivity contribution < 1.29 is 4.74 Å². The average molecular weight is 271 g/mol. The van der Waals surface area contributed by atoms with E-state index in [9.17, 15) is 4.79 Å². The second kappa shape index (κ2) is 6.94. The minimum atomic E-state index is 0.0739. The molecule has 0 unspecified atom stereocenters. The fourth-order valence-electron chi connectivity index (χ4n) is 2.08. The summed E-state index contributed by atoms with van der Waals surface area (Å²) in [6.07, 6.45) is 3.74. The van der Waals surface area contributed by atoms with E-state index in [1.54, 1.807) is 10.6 Å². The zero-order valence-electron chi connectivity index (χ0n) is 12.1. The molecule has 1 heterocycles. The first-order valence-electron chi connectivity index (χ1n) is 7.02. The Balaban J connectivity index is 1.74. The number of aromatic nitrogens is 1. The fraction of sp³-hybridized carbons (Fsp3) is 0.353. The Bertz CT molecular complexity index is 616. The molecule has 0 bridgehead atoms. The smallest absolute Gasteiger partial charge is 0.250 e. The molecule has 0 saturated heterocycles. The highest BCUT2D eigenvalue weighted by molar-refractivity contribution is 5.31. The molecule has 106 valence electrons. The van der Waals surface area contributed by atoms with Gasteiger partial charge in [-0.25, -0.2) is 0 Å². The maximum Gasteiger partial charge on any atom is 0.250 e. The Morgan fingerprint density at radius 2 is 1.90 bits per heavy atom. The van der Waals surface area contributed by atoms with Crippen molar-refractivity contribution >= 4 is 0 Å². The number of rotatable bonds is 6. The van der Waals surface area contributed by atoms with E-state index < -0.39 is 0 Å². The number of unbranched alkanes of at least 4 members (excludes halogenated alkanes) is 1. The van der Waals surface area contributed by atoms with E-state index in [2.05, 4.69) is 0 Å². The van der Waals surface area contributed by atoms with Crippen LogP contribution >= 0.6 is 0 Å². The zero-order chi connectivity index (χ0) is 14.4. The molecule has 0 aliphatic carbocycles. The van der Waals surface area contributed by atoms with E-state index in [0.29, 0.717) is 6.61 Å². The van der Waals surface area contributed by atoms with Gasteiger partial charge >= 0.3 is 0 Å². The van der Waals surface area contributed by atoms with Crippen molar-refractivity contribution in [3.63, 3.8) is 0 Å². The number of hydrogen-bond donors (Lipinski definition) is 0. The molecule has 3 heteroatoms. The number of hydrogen-bond acceptors (Lipinski definition) is 2. The summed E-state index contributed by atoms with van der Waals surface area (Å²) < 4.78 is 7.49. The van der Waals surface area contributed by atoms with Crippen LogP contribution in [0.1, 0.15) is 24.0 Å². The normalized spacial score (nSPS) is 10.5. The van der Waals surface area contributed by atoms with Gasteiger partial charge in [0.15, 0.2) is 0 Å². The van der Waals surface area contributed by atoms with Crippen LogP contribution < -0.4 is 10.3 Å². The van der Waals surface area contributed by atoms with Crippen LogP contribution in [0.3, 0.4) is 0 Å². The van der Waals surface area contributed by atoms with Gasteiger partial charge in [0, 0.05) is 18.8 Å². The summed E-state index contributed by atoms with van der Waals surface area (Å²) in [6.45, 7) is 5.41. The van der Waals surface area contributed by atoms with E-state index in [1.807, 2.05) is 50.4 Å². The fourth-order valence-corrected chi connectivity index (χ4v) is 2.08. The predicted octanol–water partition coefficient (Wildman–Crippen LogP) is 3.32. The lowest BCUT2D eigenvalue weighted by Gasteiger charge is -2.09. The van der Waals surface area contributed by atoms with E-state index in [0.717, 1.165) is 36.3 Å². The molecule has 0 fully saturated rings. The van der Waals surface area contributed by atoms with Crippen molar-refractivity contribution in [2.75, 3.05) is 6.61 Å². The van der Waals surface area contributed by atoms with Gasteiger partial charge in [0.05, 0.1) is 6.61 Å². The van der Waals surface area contributed by atoms with Crippen molar-refractivity contribution in [2.24, 2.45) is 0 Å². The van der Waals surface area contributed by atoms with Crippen molar-refractivity contribution in [2.45, 2.75) is 33.2 Å². The molecule has 0 atom stereocenters. The van der Waals surface area contributed by atoms with Crippen LogP contribution in [0.4, 0.5) is 0 Å². The average Bonchev–Trinajstić information content (AvgIpc) is 2.42. The molecule has 20 heavy (non-hydrogen) atoms. The molecule has 2 aromatic rings. The summed E-state index contributed by atoms with van der Waals surface area (Å²) in [5, 5.41) is 0. The van der Waals surface area contributed by atoms with Gasteiger partial charge in [0.25, 0.3) is 5.56 Å². The van der Waals surface area contributed by atoms with Crippen LogP contribution in [-0.4, -0.2) is 11.2 Å². The lowest BCUT2D eigenvalue weighted by Crippen LogP contribution is -2.19. The molecular formula is C17H21NO2. The van der Waals surface area contributed by atoms with Crippen molar-refractivity contribution in [3.05, 3.63) is 64.1 Å². The Hall–Kier alpha value is -2.03. The predicted molar refractivity (Wildman–Crippen MR) is 81.3 cm³/mol. The summed E-state index contributed by atoms with van der Waals surface area (Å²) in [4.78, 5) is 11.7. The highest BCUT2D eigenvalue weighted by Crippen LogP contribution is 2.16. The van der Waals surface area contributed by atoms with Crippen LogP contribution in [0.2, 0.25) is 0 Å². The van der Waals surface area contributed by atoms with Crippen LogP contribution in [0.5, 0.6) is 5.75 Å². The highest BCUT2D eigenvalue weighted by atomic mass is 16.5. The minimum Gasteiger partial charge on any atom is -0.493 e. The van der Waals surface area contributed by atoms with E-state index >= 15 is 0 Å². The highest BCUT2D eigenvalue weighted by Gasteiger charge is 1.99. The standard InChI is InChI=1S/C17H21NO2/c1-14-9-11-18(17(19)13-14)10-5-6-12-20-16-8-4-3-7-15(16)2/h3-4,7-9,11,13H,5-6,10,12H2,1-2H3. The largest absolute Gasteiger partial charge is 0.493 e. The third-order valence-electron chi connectivity index (χ3n) is 3.30. The van der Waals surface area contributed by atoms with Gasteiger partial charge in [-0.3, -0.25) is 4.79 Å². The monoisotopic (exact) mass is 271 g/mol. The second-order valence-electron chi connectivity index (χ2n) is 5.06. The third-order valence-corrected chi connectivity index (χ3v) is 3.30. The molecular weight excluding hydrogens is 250 g/mol. The van der Waals surface area contributed by atoms with Crippen LogP contribution in [-0.2, 0) is 6.54 Å². The van der Waals surface area contributed by atoms with Gasteiger partial charge in [-0.1, -0.05) is 18.2 Å². The van der Waals surface area contributed by atoms with Crippen LogP contribution in [0, 0.1) is 13.8 Å². The molecule has 2 rings (SSSR count). The van der Waals surface area contributed by atoms with E-state index in [4.69, 9.17) is 4.74 Å². The van der Waals surface area contributed by atoms with E-state index in [-0.39, 0.29) is 5.56 Å². The quantitative estimate of drug-likeness (QED) is 0.755. The Morgan fingerprint density at radius 1 is 1.10 bits per heavy atom.